The second kappa shape index (κ2) is 15.6. The maximum absolute atomic E-state index is 10.6. The molecule has 3 saturated carbocycles. The smallest absolute Gasteiger partial charge is 0.192 e. The first-order chi connectivity index (χ1) is 21.8. The summed E-state index contributed by atoms with van der Waals surface area (Å²) in [5.41, 5.74) is 4.14. The van der Waals surface area contributed by atoms with Gasteiger partial charge in [0, 0.05) is 0 Å². The number of hydrogen-bond acceptors (Lipinski definition) is 3. The summed E-state index contributed by atoms with van der Waals surface area (Å²) in [6, 6.07) is 0. The Morgan fingerprint density at radius 1 is 0.896 bits per heavy atom. The number of rotatable bonds is 13. The van der Waals surface area contributed by atoms with Crippen molar-refractivity contribution in [3.8, 4) is 0 Å². The van der Waals surface area contributed by atoms with E-state index >= 15 is 0 Å². The molecular formula is C43H80O3Si2. The minimum absolute atomic E-state index is 0.0244. The molecule has 0 heterocycles. The van der Waals surface area contributed by atoms with Crippen LogP contribution in [-0.4, -0.2) is 39.6 Å². The van der Waals surface area contributed by atoms with Crippen LogP contribution in [0.5, 0.6) is 0 Å². The van der Waals surface area contributed by atoms with Gasteiger partial charge in [0.2, 0.25) is 0 Å². The molecule has 3 rings (SSSR count). The van der Waals surface area contributed by atoms with Gasteiger partial charge in [-0.15, -0.1) is 0 Å². The zero-order valence-corrected chi connectivity index (χ0v) is 36.6. The first kappa shape index (κ1) is 42.0. The van der Waals surface area contributed by atoms with Crippen molar-refractivity contribution in [2.45, 2.75) is 207 Å². The van der Waals surface area contributed by atoms with E-state index in [1.807, 2.05) is 13.8 Å². The Balaban J connectivity index is 1.90. The van der Waals surface area contributed by atoms with Crippen LogP contribution in [0, 0.1) is 29.1 Å². The highest BCUT2D eigenvalue weighted by Crippen LogP contribution is 2.61. The average Bonchev–Trinajstić information content (AvgIpc) is 3.29. The van der Waals surface area contributed by atoms with E-state index < -0.39 is 22.2 Å². The fourth-order valence-electron chi connectivity index (χ4n) is 8.84. The van der Waals surface area contributed by atoms with Gasteiger partial charge in [0.05, 0.1) is 17.8 Å². The molecule has 3 fully saturated rings. The molecule has 0 aromatic carbocycles. The summed E-state index contributed by atoms with van der Waals surface area (Å²) in [7, 11) is -3.97. The van der Waals surface area contributed by atoms with Gasteiger partial charge in [-0.3, -0.25) is 0 Å². The summed E-state index contributed by atoms with van der Waals surface area (Å²) in [6.45, 7) is 39.7. The highest BCUT2D eigenvalue weighted by atomic mass is 28.4. The van der Waals surface area contributed by atoms with E-state index in [0.29, 0.717) is 23.2 Å². The molecule has 3 aliphatic carbocycles. The summed E-state index contributed by atoms with van der Waals surface area (Å²) in [4.78, 5) is 0. The molecule has 0 aromatic heterocycles. The third-order valence-corrected chi connectivity index (χ3v) is 23.2. The molecule has 3 nitrogen and oxygen atoms in total. The lowest BCUT2D eigenvalue weighted by molar-refractivity contribution is 0.0390. The van der Waals surface area contributed by atoms with Crippen molar-refractivity contribution in [1.29, 1.82) is 0 Å². The van der Waals surface area contributed by atoms with Gasteiger partial charge in [0.25, 0.3) is 0 Å². The van der Waals surface area contributed by atoms with E-state index in [4.69, 9.17) is 8.85 Å². The molecule has 0 aliphatic heterocycles. The number of aliphatic hydroxyl groups is 1. The Hall–Kier alpha value is -0.466. The molecule has 0 amide bonds. The van der Waals surface area contributed by atoms with Crippen molar-refractivity contribution < 1.29 is 14.0 Å². The number of hydrogen-bond donors (Lipinski definition) is 1. The Morgan fingerprint density at radius 2 is 1.44 bits per heavy atom. The molecule has 7 atom stereocenters. The molecule has 1 N–H and O–H groups in total. The van der Waals surface area contributed by atoms with Gasteiger partial charge in [0.1, 0.15) is 0 Å². The minimum atomic E-state index is -1.99. The van der Waals surface area contributed by atoms with Crippen LogP contribution < -0.4 is 0 Å². The van der Waals surface area contributed by atoms with Crippen LogP contribution in [0.3, 0.4) is 0 Å². The van der Waals surface area contributed by atoms with Crippen LogP contribution in [0.25, 0.3) is 0 Å². The zero-order chi connectivity index (χ0) is 36.5. The van der Waals surface area contributed by atoms with Crippen molar-refractivity contribution >= 4 is 16.6 Å². The van der Waals surface area contributed by atoms with Crippen molar-refractivity contribution in [1.82, 2.24) is 0 Å². The standard InChI is InChI=1S/C43H80O3Si2/c1-17-18-20-34(26-28-42(10,11)44)31(2)36-24-25-37-35(21-19-27-43(36,37)12)23-22-33-29-38(45-47(13,14)40(4,5)6)32(3)39(30-33)46-48(15,16)41(7,8)9/h22-23,31,34,36-39,44H,3,17-21,24-30H2,1-2,4-16H3/b35-23+/t31-,34+,36-,37+,38-,39-,43-/m1/s1. The highest BCUT2D eigenvalue weighted by Gasteiger charge is 2.52. The second-order valence-electron chi connectivity index (χ2n) is 20.5. The number of unbranched alkanes of at least 4 members (excludes halogenated alkanes) is 1. The molecule has 0 radical (unpaired) electrons. The molecule has 0 saturated heterocycles. The Kier molecular flexibility index (Phi) is 13.7. The fraction of sp³-hybridized carbons (Fsp3) is 0.860. The van der Waals surface area contributed by atoms with Gasteiger partial charge in [0.15, 0.2) is 16.6 Å². The van der Waals surface area contributed by atoms with E-state index in [2.05, 4.69) is 107 Å². The van der Waals surface area contributed by atoms with Gasteiger partial charge in [-0.2, -0.15) is 0 Å². The molecule has 3 aliphatic rings. The third-order valence-electron chi connectivity index (χ3n) is 14.2. The second-order valence-corrected chi connectivity index (χ2v) is 30.0. The molecule has 0 bridgehead atoms. The highest BCUT2D eigenvalue weighted by molar-refractivity contribution is 6.74. The van der Waals surface area contributed by atoms with E-state index in [1.165, 1.54) is 56.9 Å². The first-order valence-corrected chi connectivity index (χ1v) is 25.8. The van der Waals surface area contributed by atoms with Crippen LogP contribution in [0.1, 0.15) is 153 Å². The Bertz CT molecular complexity index is 1100. The summed E-state index contributed by atoms with van der Waals surface area (Å²) in [5.74, 6) is 2.87. The van der Waals surface area contributed by atoms with Crippen molar-refractivity contribution in [3.05, 3.63) is 35.5 Å². The predicted octanol–water partition coefficient (Wildman–Crippen LogP) is 13.2. The number of allylic oxidation sites excluding steroid dienone is 3. The van der Waals surface area contributed by atoms with Gasteiger partial charge in [-0.1, -0.05) is 111 Å². The molecule has 278 valence electrons. The SMILES string of the molecule is C=C1[C@H](O[Si](C)(C)C(C)(C)C)CC(=C/C=C2\CCC[C@]3(C)[C@@H]([C@H](C)[C@@H](CCCC)CCC(C)(C)O)CC[C@@H]23)C[C@H]1O[Si](C)(C)C(C)(C)C. The van der Waals surface area contributed by atoms with E-state index in [9.17, 15) is 5.11 Å². The van der Waals surface area contributed by atoms with E-state index in [1.54, 1.807) is 5.57 Å². The topological polar surface area (TPSA) is 38.7 Å². The summed E-state index contributed by atoms with van der Waals surface area (Å²) >= 11 is 0. The Morgan fingerprint density at radius 3 is 1.92 bits per heavy atom. The van der Waals surface area contributed by atoms with Gasteiger partial charge >= 0.3 is 0 Å². The third kappa shape index (κ3) is 10.1. The molecule has 5 heteroatoms. The molecule has 0 unspecified atom stereocenters. The zero-order valence-electron chi connectivity index (χ0n) is 34.6. The lowest BCUT2D eigenvalue weighted by Gasteiger charge is -2.46. The van der Waals surface area contributed by atoms with Crippen molar-refractivity contribution in [3.63, 3.8) is 0 Å². The predicted molar refractivity (Wildman–Crippen MR) is 215 cm³/mol. The fourth-order valence-corrected chi connectivity index (χ4v) is 11.4. The number of fused-ring (bicyclic) bond motifs is 1. The first-order valence-electron chi connectivity index (χ1n) is 20.0. The minimum Gasteiger partial charge on any atom is -0.410 e. The summed E-state index contributed by atoms with van der Waals surface area (Å²) < 4.78 is 14.2. The van der Waals surface area contributed by atoms with Crippen molar-refractivity contribution in [2.24, 2.45) is 29.1 Å². The Labute approximate surface area is 301 Å². The largest absolute Gasteiger partial charge is 0.410 e. The van der Waals surface area contributed by atoms with E-state index in [-0.39, 0.29) is 22.3 Å². The van der Waals surface area contributed by atoms with Gasteiger partial charge in [-0.25, -0.2) is 0 Å². The molecule has 0 spiro atoms. The maximum atomic E-state index is 10.6. The van der Waals surface area contributed by atoms with Crippen LogP contribution in [0.15, 0.2) is 35.5 Å². The molecular weight excluding hydrogens is 621 g/mol. The quantitative estimate of drug-likeness (QED) is 0.154. The van der Waals surface area contributed by atoms with Crippen LogP contribution >= 0.6 is 0 Å². The maximum Gasteiger partial charge on any atom is 0.192 e. The van der Waals surface area contributed by atoms with Gasteiger partial charge < -0.3 is 14.0 Å². The summed E-state index contributed by atoms with van der Waals surface area (Å²) in [5, 5.41) is 10.9. The van der Waals surface area contributed by atoms with Crippen LogP contribution in [0.2, 0.25) is 36.3 Å². The molecule has 0 aromatic rings. The lowest BCUT2D eigenvalue weighted by atomic mass is 9.59. The average molecular weight is 701 g/mol. The van der Waals surface area contributed by atoms with Gasteiger partial charge in [-0.05, 0) is 143 Å². The monoisotopic (exact) mass is 701 g/mol. The van der Waals surface area contributed by atoms with Crippen LogP contribution in [0.4, 0.5) is 0 Å². The summed E-state index contributed by atoms with van der Waals surface area (Å²) in [6.07, 6.45) is 19.5. The van der Waals surface area contributed by atoms with E-state index in [0.717, 1.165) is 37.2 Å². The van der Waals surface area contributed by atoms with Crippen LogP contribution in [-0.2, 0) is 8.85 Å². The molecule has 48 heavy (non-hydrogen) atoms. The normalized spacial score (nSPS) is 30.0. The lowest BCUT2D eigenvalue weighted by Crippen LogP contribution is -2.49. The van der Waals surface area contributed by atoms with Crippen molar-refractivity contribution in [2.75, 3.05) is 0 Å².